The predicted octanol–water partition coefficient (Wildman–Crippen LogP) is 4.08. The van der Waals surface area contributed by atoms with Crippen LogP contribution in [0.2, 0.25) is 0 Å². The van der Waals surface area contributed by atoms with Gasteiger partial charge in [0.15, 0.2) is 0 Å². The predicted molar refractivity (Wildman–Crippen MR) is 109 cm³/mol. The third-order valence-corrected chi connectivity index (χ3v) is 7.77. The van der Waals surface area contributed by atoms with E-state index in [9.17, 15) is 16.8 Å². The molecule has 3 rings (SSSR count). The van der Waals surface area contributed by atoms with Crippen molar-refractivity contribution in [2.45, 2.75) is 28.0 Å². The smallest absolute Gasteiger partial charge is 0.217 e. The Labute approximate surface area is 174 Å². The molecule has 5 nitrogen and oxygen atoms in total. The summed E-state index contributed by atoms with van der Waals surface area (Å²) in [6, 6.07) is 16.3. The van der Waals surface area contributed by atoms with Crippen molar-refractivity contribution >= 4 is 19.9 Å². The standard InChI is InChI=1S/C21H19F2NO4S2/c1-16-12-14-19(15-13-16)30(27,28)24-20(17-8-4-2-5-9-17)21(22,23)29(25,26)18-10-6-3-7-11-18/h2-15,20,24H,1H3. The zero-order valence-corrected chi connectivity index (χ0v) is 17.5. The highest BCUT2D eigenvalue weighted by atomic mass is 32.2. The molecule has 0 aliphatic heterocycles. The van der Waals surface area contributed by atoms with Gasteiger partial charge in [0, 0.05) is 0 Å². The van der Waals surface area contributed by atoms with Gasteiger partial charge in [0.2, 0.25) is 19.9 Å². The van der Waals surface area contributed by atoms with Gasteiger partial charge in [0.05, 0.1) is 9.79 Å². The van der Waals surface area contributed by atoms with Crippen LogP contribution < -0.4 is 4.72 Å². The van der Waals surface area contributed by atoms with E-state index in [-0.39, 0.29) is 10.5 Å². The van der Waals surface area contributed by atoms with Gasteiger partial charge in [-0.2, -0.15) is 13.5 Å². The quantitative estimate of drug-likeness (QED) is 0.587. The van der Waals surface area contributed by atoms with Crippen LogP contribution in [0.15, 0.2) is 94.7 Å². The first-order valence-electron chi connectivity index (χ1n) is 8.87. The normalized spacial score (nSPS) is 13.7. The Bertz CT molecular complexity index is 1210. The van der Waals surface area contributed by atoms with Gasteiger partial charge in [-0.3, -0.25) is 0 Å². The number of aryl methyl sites for hydroxylation is 1. The van der Waals surface area contributed by atoms with Crippen LogP contribution in [-0.2, 0) is 19.9 Å². The monoisotopic (exact) mass is 451 g/mol. The highest BCUT2D eigenvalue weighted by Gasteiger charge is 2.54. The molecule has 0 aliphatic carbocycles. The van der Waals surface area contributed by atoms with E-state index in [1.54, 1.807) is 13.0 Å². The summed E-state index contributed by atoms with van der Waals surface area (Å²) in [4.78, 5) is -0.854. The maximum absolute atomic E-state index is 15.4. The largest absolute Gasteiger partial charge is 0.369 e. The van der Waals surface area contributed by atoms with Crippen molar-refractivity contribution in [3.63, 3.8) is 0 Å². The second-order valence-electron chi connectivity index (χ2n) is 6.66. The molecule has 30 heavy (non-hydrogen) atoms. The Hall–Kier alpha value is -2.62. The average molecular weight is 452 g/mol. The summed E-state index contributed by atoms with van der Waals surface area (Å²) in [6.07, 6.45) is 0. The van der Waals surface area contributed by atoms with Crippen molar-refractivity contribution < 1.29 is 25.6 Å². The molecule has 1 N–H and O–H groups in total. The summed E-state index contributed by atoms with van der Waals surface area (Å²) < 4.78 is 83.9. The lowest BCUT2D eigenvalue weighted by molar-refractivity contribution is 0.0555. The molecule has 158 valence electrons. The Balaban J connectivity index is 2.11. The Morgan fingerprint density at radius 3 is 1.77 bits per heavy atom. The Morgan fingerprint density at radius 1 is 0.733 bits per heavy atom. The fourth-order valence-electron chi connectivity index (χ4n) is 2.83. The second kappa shape index (κ2) is 8.25. The average Bonchev–Trinajstić information content (AvgIpc) is 2.73. The van der Waals surface area contributed by atoms with E-state index in [1.165, 1.54) is 66.7 Å². The molecule has 0 fully saturated rings. The molecule has 0 aliphatic rings. The summed E-state index contributed by atoms with van der Waals surface area (Å²) in [5.41, 5.74) is 0.600. The SMILES string of the molecule is Cc1ccc(S(=O)(=O)NC(c2ccccc2)C(F)(F)S(=O)(=O)c2ccccc2)cc1. The lowest BCUT2D eigenvalue weighted by Gasteiger charge is -2.28. The van der Waals surface area contributed by atoms with E-state index in [2.05, 4.69) is 0 Å². The number of sulfone groups is 1. The molecular weight excluding hydrogens is 432 g/mol. The number of hydrogen-bond acceptors (Lipinski definition) is 4. The van der Waals surface area contributed by atoms with Gasteiger partial charge < -0.3 is 0 Å². The highest BCUT2D eigenvalue weighted by Crippen LogP contribution is 2.40. The Morgan fingerprint density at radius 2 is 1.23 bits per heavy atom. The van der Waals surface area contributed by atoms with Crippen LogP contribution in [0.25, 0.3) is 0 Å². The summed E-state index contributed by atoms with van der Waals surface area (Å²) in [5, 5.41) is -4.46. The molecule has 0 radical (unpaired) electrons. The molecule has 0 bridgehead atoms. The minimum atomic E-state index is -5.21. The molecular formula is C21H19F2NO4S2. The third-order valence-electron chi connectivity index (χ3n) is 4.49. The van der Waals surface area contributed by atoms with E-state index >= 15 is 8.78 Å². The summed E-state index contributed by atoms with van der Waals surface area (Å²) in [7, 11) is -9.65. The molecule has 0 saturated heterocycles. The van der Waals surface area contributed by atoms with Gasteiger partial charge in [0.1, 0.15) is 6.04 Å². The lowest BCUT2D eigenvalue weighted by Crippen LogP contribution is -2.45. The van der Waals surface area contributed by atoms with Crippen LogP contribution in [0.5, 0.6) is 0 Å². The zero-order valence-electron chi connectivity index (χ0n) is 15.9. The minimum absolute atomic E-state index is 0.183. The number of nitrogens with one attached hydrogen (secondary N) is 1. The van der Waals surface area contributed by atoms with Crippen molar-refractivity contribution in [1.29, 1.82) is 0 Å². The number of rotatable bonds is 7. The molecule has 1 atom stereocenters. The van der Waals surface area contributed by atoms with Gasteiger partial charge in [-0.05, 0) is 36.8 Å². The van der Waals surface area contributed by atoms with Crippen LogP contribution in [0, 0.1) is 6.92 Å². The number of halogens is 2. The maximum atomic E-state index is 15.4. The number of alkyl halides is 2. The van der Waals surface area contributed by atoms with E-state index in [4.69, 9.17) is 0 Å². The van der Waals surface area contributed by atoms with Crippen molar-refractivity contribution in [3.05, 3.63) is 96.1 Å². The molecule has 0 amide bonds. The van der Waals surface area contributed by atoms with Crippen molar-refractivity contribution in [2.24, 2.45) is 0 Å². The topological polar surface area (TPSA) is 80.3 Å². The first-order chi connectivity index (χ1) is 14.1. The van der Waals surface area contributed by atoms with Gasteiger partial charge in [0.25, 0.3) is 0 Å². The third kappa shape index (κ3) is 4.28. The van der Waals surface area contributed by atoms with Crippen molar-refractivity contribution in [1.82, 2.24) is 4.72 Å². The lowest BCUT2D eigenvalue weighted by atomic mass is 10.1. The Kier molecular flexibility index (Phi) is 6.07. The van der Waals surface area contributed by atoms with Crippen molar-refractivity contribution in [2.75, 3.05) is 0 Å². The van der Waals surface area contributed by atoms with Crippen LogP contribution in [0.3, 0.4) is 0 Å². The molecule has 0 spiro atoms. The van der Waals surface area contributed by atoms with Gasteiger partial charge >= 0.3 is 5.25 Å². The fraction of sp³-hybridized carbons (Fsp3) is 0.143. The van der Waals surface area contributed by atoms with Gasteiger partial charge in [-0.25, -0.2) is 16.8 Å². The fourth-order valence-corrected chi connectivity index (χ4v) is 5.46. The summed E-state index contributed by atoms with van der Waals surface area (Å²) in [5.74, 6) is 0. The van der Waals surface area contributed by atoms with E-state index in [0.29, 0.717) is 0 Å². The molecule has 0 aromatic heterocycles. The van der Waals surface area contributed by atoms with Crippen LogP contribution in [-0.4, -0.2) is 22.1 Å². The second-order valence-corrected chi connectivity index (χ2v) is 10.4. The van der Waals surface area contributed by atoms with Crippen LogP contribution >= 0.6 is 0 Å². The number of sulfonamides is 1. The van der Waals surface area contributed by atoms with Gasteiger partial charge in [-0.15, -0.1) is 0 Å². The first-order valence-corrected chi connectivity index (χ1v) is 11.8. The van der Waals surface area contributed by atoms with E-state index in [1.807, 2.05) is 4.72 Å². The first kappa shape index (κ1) is 22.1. The highest BCUT2D eigenvalue weighted by molar-refractivity contribution is 7.92. The number of benzene rings is 3. The molecule has 0 heterocycles. The van der Waals surface area contributed by atoms with Crippen LogP contribution in [0.1, 0.15) is 17.2 Å². The summed E-state index contributed by atoms with van der Waals surface area (Å²) >= 11 is 0. The maximum Gasteiger partial charge on any atom is 0.369 e. The van der Waals surface area contributed by atoms with Crippen LogP contribution in [0.4, 0.5) is 8.78 Å². The minimum Gasteiger partial charge on any atom is -0.217 e. The van der Waals surface area contributed by atoms with E-state index < -0.39 is 36.1 Å². The molecule has 3 aromatic rings. The molecule has 9 heteroatoms. The van der Waals surface area contributed by atoms with E-state index in [0.717, 1.165) is 17.7 Å². The van der Waals surface area contributed by atoms with Crippen molar-refractivity contribution in [3.8, 4) is 0 Å². The molecule has 0 saturated carbocycles. The molecule has 3 aromatic carbocycles. The van der Waals surface area contributed by atoms with Gasteiger partial charge in [-0.1, -0.05) is 66.2 Å². The summed E-state index contributed by atoms with van der Waals surface area (Å²) in [6.45, 7) is 1.75. The number of hydrogen-bond donors (Lipinski definition) is 1. The molecule has 1 unspecified atom stereocenters. The zero-order chi connectivity index (χ0) is 22.0.